The molecular formula is C14H18F2N2O. The molecule has 0 saturated carbocycles. The summed E-state index contributed by atoms with van der Waals surface area (Å²) in [6, 6.07) is 7.62. The molecule has 0 spiro atoms. The summed E-state index contributed by atoms with van der Waals surface area (Å²) in [5.41, 5.74) is 1.89. The number of hydrogen-bond donors (Lipinski definition) is 1. The van der Waals surface area contributed by atoms with Crippen LogP contribution in [0.5, 0.6) is 0 Å². The van der Waals surface area contributed by atoms with Crippen molar-refractivity contribution >= 4 is 10.9 Å². The van der Waals surface area contributed by atoms with Gasteiger partial charge in [0.05, 0.1) is 9.30 Å². The van der Waals surface area contributed by atoms with Gasteiger partial charge in [0.2, 0.25) is 0 Å². The van der Waals surface area contributed by atoms with E-state index in [9.17, 15) is 8.78 Å². The van der Waals surface area contributed by atoms with Crippen molar-refractivity contribution in [3.8, 4) is 0 Å². The van der Waals surface area contributed by atoms with Gasteiger partial charge in [-0.3, -0.25) is 0 Å². The van der Waals surface area contributed by atoms with Crippen LogP contribution in [0.15, 0.2) is 30.5 Å². The predicted molar refractivity (Wildman–Crippen MR) is 71.5 cm³/mol. The standard InChI is InChI=1S/C14H18F2N2O/c1-18(8-9-19-14(15)16)7-6-11-10-17-13-5-3-2-4-12(11)13/h2-5,10,14,17H,6-9H2,1H3/i8D2,9D2. The maximum absolute atomic E-state index is 12.3. The molecule has 5 heteroatoms. The lowest BCUT2D eigenvalue weighted by Gasteiger charge is -2.16. The van der Waals surface area contributed by atoms with Gasteiger partial charge in [0, 0.05) is 32.9 Å². The summed E-state index contributed by atoms with van der Waals surface area (Å²) in [4.78, 5) is 4.14. The molecular weight excluding hydrogens is 250 g/mol. The van der Waals surface area contributed by atoms with Gasteiger partial charge in [-0.1, -0.05) is 18.2 Å². The van der Waals surface area contributed by atoms with Crippen LogP contribution in [0.2, 0.25) is 0 Å². The molecule has 2 aromatic rings. The fraction of sp³-hybridized carbons (Fsp3) is 0.429. The fourth-order valence-electron chi connectivity index (χ4n) is 1.83. The van der Waals surface area contributed by atoms with E-state index in [1.165, 1.54) is 7.05 Å². The first kappa shape index (κ1) is 9.44. The van der Waals surface area contributed by atoms with Gasteiger partial charge < -0.3 is 14.6 Å². The lowest BCUT2D eigenvalue weighted by molar-refractivity contribution is -0.131. The molecule has 1 heterocycles. The van der Waals surface area contributed by atoms with Crippen LogP contribution in [0.4, 0.5) is 8.78 Å². The topological polar surface area (TPSA) is 28.3 Å². The molecule has 0 aliphatic heterocycles. The highest BCUT2D eigenvalue weighted by molar-refractivity contribution is 5.83. The van der Waals surface area contributed by atoms with E-state index in [1.807, 2.05) is 24.3 Å². The SMILES string of the molecule is [2H]C([2H])(OC(F)F)C([2H])([2H])N(C)CCc1c[nH]c2ccccc12. The summed E-state index contributed by atoms with van der Waals surface area (Å²) in [6.07, 6.45) is 2.24. The average molecular weight is 272 g/mol. The third kappa shape index (κ3) is 4.01. The number of aromatic nitrogens is 1. The van der Waals surface area contributed by atoms with Crippen LogP contribution < -0.4 is 0 Å². The number of benzene rings is 1. The van der Waals surface area contributed by atoms with Crippen molar-refractivity contribution in [1.82, 2.24) is 9.88 Å². The van der Waals surface area contributed by atoms with Crippen LogP contribution >= 0.6 is 0 Å². The lowest BCUT2D eigenvalue weighted by Crippen LogP contribution is -2.26. The molecule has 0 saturated heterocycles. The Morgan fingerprint density at radius 2 is 2.21 bits per heavy atom. The second kappa shape index (κ2) is 6.63. The number of hydrogen-bond acceptors (Lipinski definition) is 2. The third-order valence-corrected chi connectivity index (χ3v) is 2.78. The van der Waals surface area contributed by atoms with E-state index in [0.29, 0.717) is 6.42 Å². The van der Waals surface area contributed by atoms with Crippen molar-refractivity contribution in [3.05, 3.63) is 36.0 Å². The first-order valence-corrected chi connectivity index (χ1v) is 5.87. The molecule has 0 radical (unpaired) electrons. The number of para-hydroxylation sites is 1. The van der Waals surface area contributed by atoms with E-state index in [-0.39, 0.29) is 6.54 Å². The second-order valence-corrected chi connectivity index (χ2v) is 4.12. The number of alkyl halides is 2. The normalized spacial score (nSPS) is 16.5. The molecule has 0 unspecified atom stereocenters. The Balaban J connectivity index is 2.07. The van der Waals surface area contributed by atoms with E-state index in [2.05, 4.69) is 9.72 Å². The molecule has 0 amide bonds. The Kier molecular flexibility index (Phi) is 3.30. The number of nitrogens with one attached hydrogen (secondary N) is 1. The maximum atomic E-state index is 12.3. The van der Waals surface area contributed by atoms with Gasteiger partial charge in [-0.25, -0.2) is 0 Å². The van der Waals surface area contributed by atoms with E-state index in [0.717, 1.165) is 21.4 Å². The van der Waals surface area contributed by atoms with Crippen molar-refractivity contribution in [2.24, 2.45) is 0 Å². The molecule has 3 nitrogen and oxygen atoms in total. The third-order valence-electron chi connectivity index (χ3n) is 2.78. The maximum Gasteiger partial charge on any atom is 0.345 e. The minimum absolute atomic E-state index is 0.140. The Hall–Kier alpha value is -1.46. The van der Waals surface area contributed by atoms with Gasteiger partial charge in [0.1, 0.15) is 0 Å². The van der Waals surface area contributed by atoms with Gasteiger partial charge in [-0.2, -0.15) is 8.78 Å². The fourth-order valence-corrected chi connectivity index (χ4v) is 1.83. The minimum Gasteiger partial charge on any atom is -0.361 e. The van der Waals surface area contributed by atoms with Crippen LogP contribution in [0.1, 0.15) is 11.0 Å². The van der Waals surface area contributed by atoms with Gasteiger partial charge >= 0.3 is 6.61 Å². The first-order valence-electron chi connectivity index (χ1n) is 7.87. The molecule has 0 atom stereocenters. The second-order valence-electron chi connectivity index (χ2n) is 4.12. The Labute approximate surface area is 116 Å². The van der Waals surface area contributed by atoms with Crippen LogP contribution in [0.25, 0.3) is 10.9 Å². The van der Waals surface area contributed by atoms with Gasteiger partial charge in [-0.15, -0.1) is 0 Å². The number of halogens is 2. The number of H-pyrrole nitrogens is 1. The first-order chi connectivity index (χ1) is 10.6. The molecule has 2 rings (SSSR count). The van der Waals surface area contributed by atoms with Gasteiger partial charge in [0.15, 0.2) is 0 Å². The minimum atomic E-state index is -3.39. The largest absolute Gasteiger partial charge is 0.361 e. The quantitative estimate of drug-likeness (QED) is 0.839. The predicted octanol–water partition coefficient (Wildman–Crippen LogP) is 2.88. The van der Waals surface area contributed by atoms with Crippen molar-refractivity contribution in [2.45, 2.75) is 13.0 Å². The molecule has 0 aliphatic rings. The number of aromatic amines is 1. The zero-order chi connectivity index (χ0) is 17.3. The average Bonchev–Trinajstić information content (AvgIpc) is 2.86. The highest BCUT2D eigenvalue weighted by Crippen LogP contribution is 2.18. The number of nitrogens with zero attached hydrogens (tertiary/aromatic N) is 1. The number of rotatable bonds is 7. The summed E-state index contributed by atoms with van der Waals surface area (Å²) >= 11 is 0. The summed E-state index contributed by atoms with van der Waals surface area (Å²) in [5.74, 6) is 0. The molecule has 19 heavy (non-hydrogen) atoms. The Morgan fingerprint density at radius 1 is 1.42 bits per heavy atom. The number of ether oxygens (including phenoxy) is 1. The van der Waals surface area contributed by atoms with Crippen LogP contribution in [-0.4, -0.2) is 43.1 Å². The van der Waals surface area contributed by atoms with Crippen molar-refractivity contribution in [1.29, 1.82) is 0 Å². The number of likely N-dealkylation sites (N-methyl/N-ethyl adjacent to an activating group) is 1. The van der Waals surface area contributed by atoms with Gasteiger partial charge in [-0.05, 0) is 25.1 Å². The monoisotopic (exact) mass is 272 g/mol. The Bertz CT molecular complexity index is 663. The molecule has 0 aliphatic carbocycles. The molecule has 0 bridgehead atoms. The number of fused-ring (bicyclic) bond motifs is 1. The highest BCUT2D eigenvalue weighted by atomic mass is 19.3. The summed E-state index contributed by atoms with van der Waals surface area (Å²) in [7, 11) is 1.33. The summed E-state index contributed by atoms with van der Waals surface area (Å²) < 4.78 is 58.7. The summed E-state index contributed by atoms with van der Waals surface area (Å²) in [5, 5.41) is 0.994. The molecule has 1 N–H and O–H groups in total. The lowest BCUT2D eigenvalue weighted by atomic mass is 10.1. The van der Waals surface area contributed by atoms with Crippen molar-refractivity contribution in [2.75, 3.05) is 26.6 Å². The molecule has 0 fully saturated rings. The van der Waals surface area contributed by atoms with Crippen LogP contribution in [0, 0.1) is 0 Å². The van der Waals surface area contributed by atoms with Crippen molar-refractivity contribution in [3.63, 3.8) is 0 Å². The van der Waals surface area contributed by atoms with E-state index < -0.39 is 19.7 Å². The Morgan fingerprint density at radius 3 is 3.00 bits per heavy atom. The van der Waals surface area contributed by atoms with Crippen LogP contribution in [-0.2, 0) is 11.2 Å². The van der Waals surface area contributed by atoms with Gasteiger partial charge in [0.25, 0.3) is 0 Å². The zero-order valence-corrected chi connectivity index (χ0v) is 10.5. The van der Waals surface area contributed by atoms with E-state index >= 15 is 0 Å². The zero-order valence-electron chi connectivity index (χ0n) is 14.5. The molecule has 1 aromatic heterocycles. The summed E-state index contributed by atoms with van der Waals surface area (Å²) in [6.45, 7) is -9.07. The molecule has 1 aromatic carbocycles. The molecule has 104 valence electrons. The highest BCUT2D eigenvalue weighted by Gasteiger charge is 2.06. The van der Waals surface area contributed by atoms with E-state index in [4.69, 9.17) is 5.48 Å². The van der Waals surface area contributed by atoms with E-state index in [1.54, 1.807) is 6.20 Å². The van der Waals surface area contributed by atoms with Crippen molar-refractivity contribution < 1.29 is 19.0 Å². The smallest absolute Gasteiger partial charge is 0.345 e. The van der Waals surface area contributed by atoms with Crippen LogP contribution in [0.3, 0.4) is 0 Å².